The molecule has 0 aromatic heterocycles. The molecule has 2 amide bonds. The Labute approximate surface area is 111 Å². The van der Waals surface area contributed by atoms with Crippen LogP contribution in [0.15, 0.2) is 0 Å². The van der Waals surface area contributed by atoms with Crippen molar-refractivity contribution < 1.29 is 9.90 Å². The largest absolute Gasteiger partial charge is 0.393 e. The molecule has 1 aliphatic rings. The van der Waals surface area contributed by atoms with Gasteiger partial charge >= 0.3 is 6.03 Å². The van der Waals surface area contributed by atoms with Gasteiger partial charge in [0.25, 0.3) is 0 Å². The zero-order valence-electron chi connectivity index (χ0n) is 12.1. The highest BCUT2D eigenvalue weighted by atomic mass is 16.3. The minimum atomic E-state index is -0.171. The van der Waals surface area contributed by atoms with E-state index in [1.165, 1.54) is 0 Å². The number of nitrogens with zero attached hydrogens (tertiary/aromatic N) is 1. The minimum Gasteiger partial charge on any atom is -0.393 e. The number of amides is 2. The molecular weight excluding hydrogens is 228 g/mol. The molecule has 18 heavy (non-hydrogen) atoms. The lowest BCUT2D eigenvalue weighted by Crippen LogP contribution is -2.48. The summed E-state index contributed by atoms with van der Waals surface area (Å²) >= 11 is 0. The molecule has 1 saturated carbocycles. The lowest BCUT2D eigenvalue weighted by Gasteiger charge is -2.31. The molecule has 0 aromatic carbocycles. The van der Waals surface area contributed by atoms with Crippen molar-refractivity contribution in [1.82, 2.24) is 10.2 Å². The number of carbonyl (C=O) groups is 1. The van der Waals surface area contributed by atoms with E-state index in [1.807, 2.05) is 7.05 Å². The molecule has 0 heterocycles. The van der Waals surface area contributed by atoms with Gasteiger partial charge in [0.15, 0.2) is 0 Å². The minimum absolute atomic E-state index is 0.0181. The van der Waals surface area contributed by atoms with E-state index in [1.54, 1.807) is 4.90 Å². The first kappa shape index (κ1) is 15.3. The number of carbonyl (C=O) groups excluding carboxylic acids is 1. The predicted molar refractivity (Wildman–Crippen MR) is 73.5 cm³/mol. The van der Waals surface area contributed by atoms with Gasteiger partial charge in [-0.2, -0.15) is 0 Å². The fourth-order valence-corrected chi connectivity index (χ4v) is 2.54. The van der Waals surface area contributed by atoms with E-state index in [-0.39, 0.29) is 24.2 Å². The zero-order chi connectivity index (χ0) is 13.7. The van der Waals surface area contributed by atoms with Crippen LogP contribution >= 0.6 is 0 Å². The molecule has 1 rings (SSSR count). The fourth-order valence-electron chi connectivity index (χ4n) is 2.54. The van der Waals surface area contributed by atoms with Crippen LogP contribution in [0.1, 0.15) is 52.9 Å². The summed E-state index contributed by atoms with van der Waals surface area (Å²) in [7, 11) is 1.86. The molecule has 0 radical (unpaired) electrons. The van der Waals surface area contributed by atoms with Crippen LogP contribution in [0.5, 0.6) is 0 Å². The van der Waals surface area contributed by atoms with Gasteiger partial charge in [0.2, 0.25) is 0 Å². The molecule has 106 valence electrons. The number of aliphatic hydroxyl groups is 1. The van der Waals surface area contributed by atoms with Crippen molar-refractivity contribution in [3.05, 3.63) is 0 Å². The Hall–Kier alpha value is -0.770. The summed E-state index contributed by atoms with van der Waals surface area (Å²) in [6.07, 6.45) is 4.23. The third-order valence-electron chi connectivity index (χ3n) is 3.82. The normalized spacial score (nSPS) is 25.9. The van der Waals surface area contributed by atoms with Crippen molar-refractivity contribution in [1.29, 1.82) is 0 Å². The Morgan fingerprint density at radius 3 is 2.33 bits per heavy atom. The predicted octanol–water partition coefficient (Wildman–Crippen LogP) is 2.37. The van der Waals surface area contributed by atoms with E-state index in [2.05, 4.69) is 26.1 Å². The van der Waals surface area contributed by atoms with E-state index in [9.17, 15) is 9.90 Å². The van der Waals surface area contributed by atoms with Crippen LogP contribution in [0.3, 0.4) is 0 Å². The van der Waals surface area contributed by atoms with Crippen LogP contribution in [0.25, 0.3) is 0 Å². The van der Waals surface area contributed by atoms with Gasteiger partial charge in [-0.3, -0.25) is 0 Å². The lowest BCUT2D eigenvalue weighted by molar-refractivity contribution is 0.114. The van der Waals surface area contributed by atoms with Gasteiger partial charge in [0, 0.05) is 19.1 Å². The van der Waals surface area contributed by atoms with Gasteiger partial charge < -0.3 is 15.3 Å². The van der Waals surface area contributed by atoms with Gasteiger partial charge in [-0.05, 0) is 44.9 Å². The summed E-state index contributed by atoms with van der Waals surface area (Å²) < 4.78 is 0. The van der Waals surface area contributed by atoms with Gasteiger partial charge in [0.05, 0.1) is 6.10 Å². The SMILES string of the molecule is CC(C)C[C@H](C)N(C)C(=O)NC1CCC(O)CC1. The summed E-state index contributed by atoms with van der Waals surface area (Å²) in [6, 6.07) is 0.512. The Kier molecular flexibility index (Phi) is 5.93. The highest BCUT2D eigenvalue weighted by Gasteiger charge is 2.23. The van der Waals surface area contributed by atoms with Gasteiger partial charge in [-0.25, -0.2) is 4.79 Å². The van der Waals surface area contributed by atoms with Crippen LogP contribution in [0.2, 0.25) is 0 Å². The van der Waals surface area contributed by atoms with E-state index in [4.69, 9.17) is 0 Å². The van der Waals surface area contributed by atoms with Crippen LogP contribution < -0.4 is 5.32 Å². The van der Waals surface area contributed by atoms with Crippen LogP contribution in [0, 0.1) is 5.92 Å². The van der Waals surface area contributed by atoms with Gasteiger partial charge in [-0.15, -0.1) is 0 Å². The molecule has 1 aliphatic carbocycles. The maximum Gasteiger partial charge on any atom is 0.317 e. The Balaban J connectivity index is 2.35. The molecule has 2 N–H and O–H groups in total. The number of hydrogen-bond donors (Lipinski definition) is 2. The molecule has 0 saturated heterocycles. The number of nitrogens with one attached hydrogen (secondary N) is 1. The smallest absolute Gasteiger partial charge is 0.317 e. The Bertz CT molecular complexity index is 261. The number of aliphatic hydroxyl groups excluding tert-OH is 1. The van der Waals surface area contributed by atoms with E-state index < -0.39 is 0 Å². The van der Waals surface area contributed by atoms with Crippen LogP contribution in [0.4, 0.5) is 4.79 Å². The molecule has 0 aromatic rings. The molecule has 1 atom stereocenters. The van der Waals surface area contributed by atoms with Crippen molar-refractivity contribution in [2.24, 2.45) is 5.92 Å². The third-order valence-corrected chi connectivity index (χ3v) is 3.82. The summed E-state index contributed by atoms with van der Waals surface area (Å²) in [5.41, 5.74) is 0. The average Bonchev–Trinajstić information content (AvgIpc) is 2.30. The molecule has 0 unspecified atom stereocenters. The molecule has 0 bridgehead atoms. The van der Waals surface area contributed by atoms with Crippen molar-refractivity contribution in [2.75, 3.05) is 7.05 Å². The van der Waals surface area contributed by atoms with E-state index in [0.29, 0.717) is 5.92 Å². The van der Waals surface area contributed by atoms with Crippen molar-refractivity contribution in [2.45, 2.75) is 71.1 Å². The maximum absolute atomic E-state index is 12.1. The lowest BCUT2D eigenvalue weighted by atomic mass is 9.93. The first-order chi connectivity index (χ1) is 8.40. The van der Waals surface area contributed by atoms with Crippen molar-refractivity contribution >= 4 is 6.03 Å². The van der Waals surface area contributed by atoms with E-state index in [0.717, 1.165) is 32.1 Å². The van der Waals surface area contributed by atoms with Gasteiger partial charge in [-0.1, -0.05) is 13.8 Å². The second-order valence-electron chi connectivity index (χ2n) is 6.04. The third kappa shape index (κ3) is 4.84. The molecule has 1 fully saturated rings. The summed E-state index contributed by atoms with van der Waals surface area (Å²) in [5, 5.41) is 12.5. The molecule has 0 spiro atoms. The number of urea groups is 1. The second kappa shape index (κ2) is 6.98. The fraction of sp³-hybridized carbons (Fsp3) is 0.929. The number of rotatable bonds is 4. The summed E-state index contributed by atoms with van der Waals surface area (Å²) in [4.78, 5) is 13.9. The second-order valence-corrected chi connectivity index (χ2v) is 6.04. The molecule has 0 aliphatic heterocycles. The standard InChI is InChI=1S/C14H28N2O2/c1-10(2)9-11(3)16(4)14(18)15-12-5-7-13(17)8-6-12/h10-13,17H,5-9H2,1-4H3,(H,15,18)/t11-,12?,13?/m0/s1. The number of hydrogen-bond acceptors (Lipinski definition) is 2. The first-order valence-corrected chi connectivity index (χ1v) is 7.11. The Morgan fingerprint density at radius 1 is 1.28 bits per heavy atom. The summed E-state index contributed by atoms with van der Waals surface area (Å²) in [5.74, 6) is 0.597. The summed E-state index contributed by atoms with van der Waals surface area (Å²) in [6.45, 7) is 6.43. The van der Waals surface area contributed by atoms with Crippen LogP contribution in [-0.4, -0.2) is 41.3 Å². The van der Waals surface area contributed by atoms with Gasteiger partial charge in [0.1, 0.15) is 0 Å². The maximum atomic E-state index is 12.1. The zero-order valence-corrected chi connectivity index (χ0v) is 12.1. The van der Waals surface area contributed by atoms with E-state index >= 15 is 0 Å². The molecular formula is C14H28N2O2. The Morgan fingerprint density at radius 2 is 1.83 bits per heavy atom. The average molecular weight is 256 g/mol. The first-order valence-electron chi connectivity index (χ1n) is 7.11. The van der Waals surface area contributed by atoms with Crippen molar-refractivity contribution in [3.63, 3.8) is 0 Å². The topological polar surface area (TPSA) is 52.6 Å². The quantitative estimate of drug-likeness (QED) is 0.811. The molecule has 4 heteroatoms. The molecule has 4 nitrogen and oxygen atoms in total. The van der Waals surface area contributed by atoms with Crippen LogP contribution in [-0.2, 0) is 0 Å². The highest BCUT2D eigenvalue weighted by Crippen LogP contribution is 2.19. The highest BCUT2D eigenvalue weighted by molar-refractivity contribution is 5.74. The monoisotopic (exact) mass is 256 g/mol. The van der Waals surface area contributed by atoms with Crippen molar-refractivity contribution in [3.8, 4) is 0 Å².